The Morgan fingerprint density at radius 1 is 1.10 bits per heavy atom. The number of hydrogen-bond acceptors (Lipinski definition) is 4. The number of amides is 1. The molecule has 6 heteroatoms. The lowest BCUT2D eigenvalue weighted by atomic mass is 9.95. The van der Waals surface area contributed by atoms with Crippen LogP contribution in [0, 0.1) is 11.8 Å². The van der Waals surface area contributed by atoms with E-state index in [1.54, 1.807) is 19.1 Å². The van der Waals surface area contributed by atoms with Gasteiger partial charge in [-0.1, -0.05) is 13.8 Å². The van der Waals surface area contributed by atoms with Gasteiger partial charge in [-0.3, -0.25) is 9.59 Å². The molecule has 0 heterocycles. The van der Waals surface area contributed by atoms with Gasteiger partial charge in [-0.15, -0.1) is 0 Å². The van der Waals surface area contributed by atoms with Crippen molar-refractivity contribution in [3.8, 4) is 0 Å². The highest BCUT2D eigenvalue weighted by molar-refractivity contribution is 5.95. The SMILES string of the molecule is COC(=O)c1ccc(NC(=O)C(C)C(C)C(=O)O)cc1. The Bertz CT molecular complexity index is 509. The summed E-state index contributed by atoms with van der Waals surface area (Å²) in [5.41, 5.74) is 0.865. The van der Waals surface area contributed by atoms with Gasteiger partial charge in [0.05, 0.1) is 18.6 Å². The number of esters is 1. The van der Waals surface area contributed by atoms with Gasteiger partial charge in [-0.25, -0.2) is 4.79 Å². The lowest BCUT2D eigenvalue weighted by Crippen LogP contribution is -2.29. The molecule has 0 bridgehead atoms. The molecule has 0 aliphatic carbocycles. The largest absolute Gasteiger partial charge is 0.481 e. The molecule has 0 saturated heterocycles. The van der Waals surface area contributed by atoms with Crippen molar-refractivity contribution in [2.24, 2.45) is 11.8 Å². The minimum absolute atomic E-state index is 0.373. The van der Waals surface area contributed by atoms with Crippen molar-refractivity contribution in [3.63, 3.8) is 0 Å². The summed E-state index contributed by atoms with van der Waals surface area (Å²) in [7, 11) is 1.28. The monoisotopic (exact) mass is 279 g/mol. The van der Waals surface area contributed by atoms with Gasteiger partial charge < -0.3 is 15.2 Å². The summed E-state index contributed by atoms with van der Waals surface area (Å²) in [4.78, 5) is 33.9. The predicted octanol–water partition coefficient (Wildman–Crippen LogP) is 1.77. The number of methoxy groups -OCH3 is 1. The van der Waals surface area contributed by atoms with E-state index in [0.29, 0.717) is 11.3 Å². The molecule has 2 unspecified atom stereocenters. The number of nitrogens with one attached hydrogen (secondary N) is 1. The van der Waals surface area contributed by atoms with Gasteiger partial charge in [0.1, 0.15) is 0 Å². The normalized spacial score (nSPS) is 13.2. The van der Waals surface area contributed by atoms with E-state index in [4.69, 9.17) is 5.11 Å². The molecule has 6 nitrogen and oxygen atoms in total. The van der Waals surface area contributed by atoms with Crippen LogP contribution in [0.15, 0.2) is 24.3 Å². The van der Waals surface area contributed by atoms with Crippen LogP contribution < -0.4 is 5.32 Å². The van der Waals surface area contributed by atoms with E-state index in [9.17, 15) is 14.4 Å². The third-order valence-electron chi connectivity index (χ3n) is 3.13. The molecule has 1 aromatic carbocycles. The van der Waals surface area contributed by atoms with E-state index < -0.39 is 23.8 Å². The maximum absolute atomic E-state index is 11.9. The molecule has 0 aliphatic heterocycles. The topological polar surface area (TPSA) is 92.7 Å². The van der Waals surface area contributed by atoms with Crippen LogP contribution in [0.3, 0.4) is 0 Å². The maximum atomic E-state index is 11.9. The number of carboxylic acid groups (broad SMARTS) is 1. The maximum Gasteiger partial charge on any atom is 0.337 e. The van der Waals surface area contributed by atoms with E-state index >= 15 is 0 Å². The van der Waals surface area contributed by atoms with Crippen LogP contribution in [-0.4, -0.2) is 30.1 Å². The van der Waals surface area contributed by atoms with E-state index in [1.807, 2.05) is 0 Å². The standard InChI is InChI=1S/C14H17NO5/c1-8(9(2)13(17)18)12(16)15-11-6-4-10(5-7-11)14(19)20-3/h4-9H,1-3H3,(H,15,16)(H,17,18). The number of ether oxygens (including phenoxy) is 1. The highest BCUT2D eigenvalue weighted by atomic mass is 16.5. The van der Waals surface area contributed by atoms with Crippen LogP contribution in [0.1, 0.15) is 24.2 Å². The van der Waals surface area contributed by atoms with Crippen molar-refractivity contribution in [2.75, 3.05) is 12.4 Å². The molecule has 0 aliphatic rings. The summed E-state index contributed by atoms with van der Waals surface area (Å²) < 4.78 is 4.56. The summed E-state index contributed by atoms with van der Waals surface area (Å²) >= 11 is 0. The molecule has 2 atom stereocenters. The lowest BCUT2D eigenvalue weighted by molar-refractivity contribution is -0.145. The minimum atomic E-state index is -1.02. The quantitative estimate of drug-likeness (QED) is 0.801. The average molecular weight is 279 g/mol. The molecule has 0 spiro atoms. The zero-order valence-corrected chi connectivity index (χ0v) is 11.5. The Hall–Kier alpha value is -2.37. The molecule has 108 valence electrons. The molecule has 20 heavy (non-hydrogen) atoms. The van der Waals surface area contributed by atoms with Crippen molar-refractivity contribution in [1.82, 2.24) is 0 Å². The third kappa shape index (κ3) is 3.81. The minimum Gasteiger partial charge on any atom is -0.481 e. The number of rotatable bonds is 5. The second-order valence-electron chi connectivity index (χ2n) is 4.47. The van der Waals surface area contributed by atoms with Crippen LogP contribution in [0.25, 0.3) is 0 Å². The van der Waals surface area contributed by atoms with Crippen molar-refractivity contribution in [3.05, 3.63) is 29.8 Å². The Morgan fingerprint density at radius 2 is 1.65 bits per heavy atom. The molecule has 0 fully saturated rings. The molecular weight excluding hydrogens is 262 g/mol. The lowest BCUT2D eigenvalue weighted by Gasteiger charge is -2.15. The van der Waals surface area contributed by atoms with Crippen molar-refractivity contribution >= 4 is 23.5 Å². The molecule has 0 saturated carbocycles. The molecule has 0 radical (unpaired) electrons. The van der Waals surface area contributed by atoms with Crippen LogP contribution in [0.4, 0.5) is 5.69 Å². The number of benzene rings is 1. The number of anilines is 1. The van der Waals surface area contributed by atoms with Gasteiger partial charge in [0.2, 0.25) is 5.91 Å². The molecule has 2 N–H and O–H groups in total. The van der Waals surface area contributed by atoms with E-state index in [-0.39, 0.29) is 5.91 Å². The molecule has 0 aromatic heterocycles. The second kappa shape index (κ2) is 6.70. The first-order chi connectivity index (χ1) is 9.36. The van der Waals surface area contributed by atoms with Crippen molar-refractivity contribution in [2.45, 2.75) is 13.8 Å². The van der Waals surface area contributed by atoms with Crippen LogP contribution in [-0.2, 0) is 14.3 Å². The van der Waals surface area contributed by atoms with Gasteiger partial charge >= 0.3 is 11.9 Å². The molecule has 1 aromatic rings. The smallest absolute Gasteiger partial charge is 0.337 e. The fourth-order valence-electron chi connectivity index (χ4n) is 1.50. The van der Waals surface area contributed by atoms with Gasteiger partial charge in [0.15, 0.2) is 0 Å². The second-order valence-corrected chi connectivity index (χ2v) is 4.47. The van der Waals surface area contributed by atoms with Crippen LogP contribution >= 0.6 is 0 Å². The fourth-order valence-corrected chi connectivity index (χ4v) is 1.50. The van der Waals surface area contributed by atoms with Crippen molar-refractivity contribution < 1.29 is 24.2 Å². The van der Waals surface area contributed by atoms with E-state index in [0.717, 1.165) is 0 Å². The van der Waals surface area contributed by atoms with Crippen LogP contribution in [0.5, 0.6) is 0 Å². The highest BCUT2D eigenvalue weighted by Crippen LogP contribution is 2.16. The summed E-state index contributed by atoms with van der Waals surface area (Å²) in [6.07, 6.45) is 0. The zero-order valence-electron chi connectivity index (χ0n) is 11.5. The fraction of sp³-hybridized carbons (Fsp3) is 0.357. The molecule has 1 rings (SSSR count). The predicted molar refractivity (Wildman–Crippen MR) is 72.4 cm³/mol. The number of carboxylic acids is 1. The van der Waals surface area contributed by atoms with Crippen molar-refractivity contribution in [1.29, 1.82) is 0 Å². The number of aliphatic carboxylic acids is 1. The molecule has 1 amide bonds. The van der Waals surface area contributed by atoms with Gasteiger partial charge in [-0.05, 0) is 24.3 Å². The van der Waals surface area contributed by atoms with E-state index in [2.05, 4.69) is 10.1 Å². The summed E-state index contributed by atoms with van der Waals surface area (Å²) in [6.45, 7) is 3.03. The first-order valence-electron chi connectivity index (χ1n) is 6.09. The Balaban J connectivity index is 2.71. The average Bonchev–Trinajstić information content (AvgIpc) is 2.45. The van der Waals surface area contributed by atoms with Crippen LogP contribution in [0.2, 0.25) is 0 Å². The molecular formula is C14H17NO5. The first kappa shape index (κ1) is 15.7. The number of hydrogen-bond donors (Lipinski definition) is 2. The van der Waals surface area contributed by atoms with E-state index in [1.165, 1.54) is 26.2 Å². The number of carbonyl (C=O) groups is 3. The Morgan fingerprint density at radius 3 is 2.10 bits per heavy atom. The Kier molecular flexibility index (Phi) is 5.25. The zero-order chi connectivity index (χ0) is 15.3. The first-order valence-corrected chi connectivity index (χ1v) is 6.09. The highest BCUT2D eigenvalue weighted by Gasteiger charge is 2.25. The Labute approximate surface area is 116 Å². The van der Waals surface area contributed by atoms with Gasteiger partial charge in [0.25, 0.3) is 0 Å². The summed E-state index contributed by atoms with van der Waals surface area (Å²) in [6, 6.07) is 6.16. The summed E-state index contributed by atoms with van der Waals surface area (Å²) in [5.74, 6) is -3.30. The summed E-state index contributed by atoms with van der Waals surface area (Å²) in [5, 5.41) is 11.5. The third-order valence-corrected chi connectivity index (χ3v) is 3.13. The van der Waals surface area contributed by atoms with Gasteiger partial charge in [0, 0.05) is 11.6 Å². The number of carbonyl (C=O) groups excluding carboxylic acids is 2. The van der Waals surface area contributed by atoms with Gasteiger partial charge in [-0.2, -0.15) is 0 Å².